The van der Waals surface area contributed by atoms with E-state index in [4.69, 9.17) is 23.2 Å². The molecule has 0 unspecified atom stereocenters. The Hall–Kier alpha value is -1.62. The van der Waals surface area contributed by atoms with Gasteiger partial charge in [0.15, 0.2) is 5.78 Å². The molecule has 3 nitrogen and oxygen atoms in total. The van der Waals surface area contributed by atoms with Gasteiger partial charge < -0.3 is 5.32 Å². The maximum atomic E-state index is 12.1. The van der Waals surface area contributed by atoms with Gasteiger partial charge in [-0.05, 0) is 49.2 Å². The first-order chi connectivity index (χ1) is 11.0. The SMILES string of the molecule is C/C=C/C(=O)c1ccc(C(=O)NCCc2ccc(Cl)cc2Cl)s1. The van der Waals surface area contributed by atoms with Gasteiger partial charge >= 0.3 is 0 Å². The van der Waals surface area contributed by atoms with Crippen LogP contribution in [0.1, 0.15) is 31.8 Å². The standard InChI is InChI=1S/C17H15Cl2NO2S/c1-2-3-14(21)15-6-7-16(23-15)17(22)20-9-8-11-4-5-12(18)10-13(11)19/h2-7,10H,8-9H2,1H3,(H,20,22)/b3-2+. The molecule has 0 aliphatic rings. The molecule has 0 saturated heterocycles. The predicted molar refractivity (Wildman–Crippen MR) is 96.0 cm³/mol. The molecular formula is C17H15Cl2NO2S. The predicted octanol–water partition coefficient (Wildman–Crippen LogP) is 4.79. The average Bonchev–Trinajstić information content (AvgIpc) is 2.99. The summed E-state index contributed by atoms with van der Waals surface area (Å²) < 4.78 is 0. The molecular weight excluding hydrogens is 353 g/mol. The maximum Gasteiger partial charge on any atom is 0.261 e. The number of hydrogen-bond acceptors (Lipinski definition) is 3. The molecule has 0 atom stereocenters. The Morgan fingerprint density at radius 2 is 1.91 bits per heavy atom. The normalized spacial score (nSPS) is 10.9. The monoisotopic (exact) mass is 367 g/mol. The van der Waals surface area contributed by atoms with Crippen molar-refractivity contribution in [2.24, 2.45) is 0 Å². The summed E-state index contributed by atoms with van der Waals surface area (Å²) in [5.74, 6) is -0.288. The second kappa shape index (κ2) is 8.29. The summed E-state index contributed by atoms with van der Waals surface area (Å²) in [6.07, 6.45) is 3.77. The average molecular weight is 368 g/mol. The van der Waals surface area contributed by atoms with E-state index in [2.05, 4.69) is 5.32 Å². The molecule has 2 aromatic rings. The number of amides is 1. The first kappa shape index (κ1) is 17.7. The van der Waals surface area contributed by atoms with Crippen molar-refractivity contribution in [1.82, 2.24) is 5.32 Å². The van der Waals surface area contributed by atoms with Crippen molar-refractivity contribution in [3.8, 4) is 0 Å². The van der Waals surface area contributed by atoms with Gasteiger partial charge in [0.1, 0.15) is 0 Å². The zero-order chi connectivity index (χ0) is 16.8. The molecule has 0 aliphatic carbocycles. The Morgan fingerprint density at radius 1 is 1.17 bits per heavy atom. The molecule has 1 N–H and O–H groups in total. The van der Waals surface area contributed by atoms with Gasteiger partial charge in [-0.3, -0.25) is 9.59 Å². The number of ketones is 1. The van der Waals surface area contributed by atoms with Crippen molar-refractivity contribution < 1.29 is 9.59 Å². The smallest absolute Gasteiger partial charge is 0.261 e. The molecule has 0 bridgehead atoms. The number of thiophene rings is 1. The van der Waals surface area contributed by atoms with Gasteiger partial charge in [-0.1, -0.05) is 35.3 Å². The second-order valence-electron chi connectivity index (χ2n) is 4.77. The number of halogens is 2. The number of allylic oxidation sites excluding steroid dienone is 2. The minimum absolute atomic E-state index is 0.0931. The molecule has 1 aromatic heterocycles. The van der Waals surface area contributed by atoms with Gasteiger partial charge in [0.05, 0.1) is 9.75 Å². The molecule has 120 valence electrons. The van der Waals surface area contributed by atoms with Crippen LogP contribution in [0.3, 0.4) is 0 Å². The summed E-state index contributed by atoms with van der Waals surface area (Å²) in [6.45, 7) is 2.23. The van der Waals surface area contributed by atoms with Crippen molar-refractivity contribution >= 4 is 46.2 Å². The Kier molecular flexibility index (Phi) is 6.39. The fourth-order valence-electron chi connectivity index (χ4n) is 1.95. The van der Waals surface area contributed by atoms with E-state index in [1.165, 1.54) is 17.4 Å². The van der Waals surface area contributed by atoms with E-state index >= 15 is 0 Å². The lowest BCUT2D eigenvalue weighted by Crippen LogP contribution is -2.24. The molecule has 0 aliphatic heterocycles. The number of benzene rings is 1. The van der Waals surface area contributed by atoms with Gasteiger partial charge in [-0.25, -0.2) is 0 Å². The molecule has 0 fully saturated rings. The third-order valence-corrected chi connectivity index (χ3v) is 4.77. The number of carbonyl (C=O) groups is 2. The van der Waals surface area contributed by atoms with Crippen molar-refractivity contribution in [2.75, 3.05) is 6.54 Å². The zero-order valence-corrected chi connectivity index (χ0v) is 14.8. The van der Waals surface area contributed by atoms with E-state index in [0.717, 1.165) is 5.56 Å². The number of nitrogens with one attached hydrogen (secondary N) is 1. The van der Waals surface area contributed by atoms with E-state index in [-0.39, 0.29) is 11.7 Å². The van der Waals surface area contributed by atoms with Gasteiger partial charge in [0.25, 0.3) is 5.91 Å². The summed E-state index contributed by atoms with van der Waals surface area (Å²) in [5.41, 5.74) is 0.923. The highest BCUT2D eigenvalue weighted by molar-refractivity contribution is 7.16. The Bertz CT molecular complexity index is 753. The number of carbonyl (C=O) groups excluding carboxylic acids is 2. The highest BCUT2D eigenvalue weighted by Gasteiger charge is 2.12. The summed E-state index contributed by atoms with van der Waals surface area (Å²) in [6, 6.07) is 8.61. The Morgan fingerprint density at radius 3 is 2.61 bits per heavy atom. The topological polar surface area (TPSA) is 46.2 Å². The van der Waals surface area contributed by atoms with Crippen LogP contribution in [0.2, 0.25) is 10.0 Å². The third kappa shape index (κ3) is 4.93. The van der Waals surface area contributed by atoms with E-state index in [1.54, 1.807) is 37.3 Å². The van der Waals surface area contributed by atoms with E-state index in [1.807, 2.05) is 6.07 Å². The number of rotatable bonds is 6. The molecule has 0 spiro atoms. The maximum absolute atomic E-state index is 12.1. The fourth-order valence-corrected chi connectivity index (χ4v) is 3.29. The van der Waals surface area contributed by atoms with Crippen LogP contribution in [-0.4, -0.2) is 18.2 Å². The molecule has 23 heavy (non-hydrogen) atoms. The van der Waals surface area contributed by atoms with Crippen LogP contribution in [0.15, 0.2) is 42.5 Å². The second-order valence-corrected chi connectivity index (χ2v) is 6.70. The van der Waals surface area contributed by atoms with Crippen molar-refractivity contribution in [3.63, 3.8) is 0 Å². The van der Waals surface area contributed by atoms with Crippen molar-refractivity contribution in [1.29, 1.82) is 0 Å². The minimum Gasteiger partial charge on any atom is -0.351 e. The molecule has 1 aromatic carbocycles. The minimum atomic E-state index is -0.195. The Labute approximate surface area is 148 Å². The molecule has 0 saturated carbocycles. The van der Waals surface area contributed by atoms with E-state index in [9.17, 15) is 9.59 Å². The van der Waals surface area contributed by atoms with Crippen LogP contribution in [-0.2, 0) is 6.42 Å². The highest BCUT2D eigenvalue weighted by atomic mass is 35.5. The van der Waals surface area contributed by atoms with Gasteiger partial charge in [-0.2, -0.15) is 0 Å². The summed E-state index contributed by atoms with van der Waals surface area (Å²) in [7, 11) is 0. The molecule has 1 amide bonds. The quantitative estimate of drug-likeness (QED) is 0.589. The van der Waals surface area contributed by atoms with E-state index < -0.39 is 0 Å². The fraction of sp³-hybridized carbons (Fsp3) is 0.176. The van der Waals surface area contributed by atoms with Crippen LogP contribution in [0.25, 0.3) is 0 Å². The number of hydrogen-bond donors (Lipinski definition) is 1. The highest BCUT2D eigenvalue weighted by Crippen LogP contribution is 2.21. The van der Waals surface area contributed by atoms with Crippen LogP contribution in [0, 0.1) is 0 Å². The van der Waals surface area contributed by atoms with Gasteiger partial charge in [-0.15, -0.1) is 11.3 Å². The van der Waals surface area contributed by atoms with Crippen LogP contribution >= 0.6 is 34.5 Å². The van der Waals surface area contributed by atoms with Crippen LogP contribution in [0.5, 0.6) is 0 Å². The van der Waals surface area contributed by atoms with Gasteiger partial charge in [0.2, 0.25) is 0 Å². The zero-order valence-electron chi connectivity index (χ0n) is 12.4. The lowest BCUT2D eigenvalue weighted by atomic mass is 10.1. The Balaban J connectivity index is 1.91. The lowest BCUT2D eigenvalue weighted by molar-refractivity contribution is 0.0957. The van der Waals surface area contributed by atoms with Gasteiger partial charge in [0, 0.05) is 16.6 Å². The van der Waals surface area contributed by atoms with Crippen LogP contribution < -0.4 is 5.32 Å². The van der Waals surface area contributed by atoms with Crippen molar-refractivity contribution in [2.45, 2.75) is 13.3 Å². The lowest BCUT2D eigenvalue weighted by Gasteiger charge is -2.06. The molecule has 2 rings (SSSR count). The molecule has 6 heteroatoms. The summed E-state index contributed by atoms with van der Waals surface area (Å²) >= 11 is 13.1. The van der Waals surface area contributed by atoms with Crippen LogP contribution in [0.4, 0.5) is 0 Å². The van der Waals surface area contributed by atoms with Crippen molar-refractivity contribution in [3.05, 3.63) is 67.8 Å². The molecule has 0 radical (unpaired) electrons. The molecule has 1 heterocycles. The summed E-state index contributed by atoms with van der Waals surface area (Å²) in [5, 5.41) is 3.99. The first-order valence-corrected chi connectivity index (χ1v) is 8.57. The largest absolute Gasteiger partial charge is 0.351 e. The third-order valence-electron chi connectivity index (χ3n) is 3.09. The summed E-state index contributed by atoms with van der Waals surface area (Å²) in [4.78, 5) is 24.9. The van der Waals surface area contributed by atoms with E-state index in [0.29, 0.717) is 32.8 Å². The first-order valence-electron chi connectivity index (χ1n) is 7.00.